The average molecular weight is 397 g/mol. The zero-order valence-electron chi connectivity index (χ0n) is 13.4. The molecule has 26 heavy (non-hydrogen) atoms. The van der Waals surface area contributed by atoms with Gasteiger partial charge in [0, 0.05) is 5.56 Å². The Bertz CT molecular complexity index is 952. The van der Waals surface area contributed by atoms with E-state index in [0.717, 1.165) is 23.5 Å². The van der Waals surface area contributed by atoms with Crippen LogP contribution in [-0.2, 0) is 6.18 Å². The number of anilines is 1. The number of nitrogens with one attached hydrogen (secondary N) is 1. The normalized spacial score (nSPS) is 11.4. The summed E-state index contributed by atoms with van der Waals surface area (Å²) in [4.78, 5) is 17.1. The number of carbonyl (C=O) groups excluding carboxylic acids is 1. The van der Waals surface area contributed by atoms with Crippen LogP contribution in [0.4, 0.5) is 18.9 Å². The van der Waals surface area contributed by atoms with Gasteiger partial charge in [0.05, 0.1) is 22.0 Å². The van der Waals surface area contributed by atoms with Gasteiger partial charge in [0.1, 0.15) is 9.88 Å². The average Bonchev–Trinajstić information content (AvgIpc) is 2.98. The molecule has 3 rings (SSSR count). The fraction of sp³-hybridized carbons (Fsp3) is 0.111. The molecular weight excluding hydrogens is 385 g/mol. The third-order valence-corrected chi connectivity index (χ3v) is 5.12. The van der Waals surface area contributed by atoms with Crippen molar-refractivity contribution in [2.75, 3.05) is 5.32 Å². The topological polar surface area (TPSA) is 42.0 Å². The highest BCUT2D eigenvalue weighted by Gasteiger charge is 2.30. The minimum Gasteiger partial charge on any atom is -0.320 e. The molecule has 0 fully saturated rings. The Morgan fingerprint density at radius 3 is 2.38 bits per heavy atom. The molecule has 3 nitrogen and oxygen atoms in total. The first kappa shape index (κ1) is 18.4. The zero-order chi connectivity index (χ0) is 18.9. The molecule has 1 amide bonds. The second-order valence-corrected chi connectivity index (χ2v) is 6.85. The fourth-order valence-corrected chi connectivity index (χ4v) is 3.42. The molecular formula is C18H12ClF3N2OS. The predicted molar refractivity (Wildman–Crippen MR) is 96.7 cm³/mol. The number of benzene rings is 2. The highest BCUT2D eigenvalue weighted by Crippen LogP contribution is 2.33. The third kappa shape index (κ3) is 3.89. The smallest absolute Gasteiger partial charge is 0.320 e. The number of carbonyl (C=O) groups is 1. The molecule has 0 saturated carbocycles. The van der Waals surface area contributed by atoms with E-state index in [1.165, 1.54) is 12.1 Å². The van der Waals surface area contributed by atoms with Gasteiger partial charge < -0.3 is 5.32 Å². The Hall–Kier alpha value is -2.38. The number of hydrogen-bond acceptors (Lipinski definition) is 3. The van der Waals surface area contributed by atoms with E-state index in [1.807, 2.05) is 0 Å². The highest BCUT2D eigenvalue weighted by atomic mass is 35.5. The maximum absolute atomic E-state index is 12.7. The summed E-state index contributed by atoms with van der Waals surface area (Å²) in [5.74, 6) is -0.369. The summed E-state index contributed by atoms with van der Waals surface area (Å²) in [6.07, 6.45) is -4.39. The van der Waals surface area contributed by atoms with Crippen LogP contribution in [-0.4, -0.2) is 10.9 Å². The zero-order valence-corrected chi connectivity index (χ0v) is 15.0. The molecule has 1 aromatic heterocycles. The Labute approximate surface area is 156 Å². The van der Waals surface area contributed by atoms with E-state index in [0.29, 0.717) is 31.9 Å². The minimum absolute atomic E-state index is 0.369. The summed E-state index contributed by atoms with van der Waals surface area (Å²) < 4.78 is 38.0. The lowest BCUT2D eigenvalue weighted by molar-refractivity contribution is -0.137. The van der Waals surface area contributed by atoms with Gasteiger partial charge in [-0.25, -0.2) is 4.98 Å². The largest absolute Gasteiger partial charge is 0.416 e. The first-order valence-corrected chi connectivity index (χ1v) is 8.66. The van der Waals surface area contributed by atoms with Crippen LogP contribution in [0.1, 0.15) is 20.9 Å². The molecule has 0 unspecified atom stereocenters. The van der Waals surface area contributed by atoms with E-state index in [1.54, 1.807) is 31.2 Å². The molecule has 2 aromatic carbocycles. The standard InChI is InChI=1S/C18H12ClF3N2OS/c1-10-15(16(25)24-14-5-3-2-4-13(14)19)26-17(23-10)11-6-8-12(9-7-11)18(20,21)22/h2-9H,1H3,(H,24,25). The van der Waals surface area contributed by atoms with Crippen molar-refractivity contribution in [2.45, 2.75) is 13.1 Å². The number of amides is 1. The van der Waals surface area contributed by atoms with E-state index in [2.05, 4.69) is 10.3 Å². The Balaban J connectivity index is 1.85. The molecule has 0 aliphatic heterocycles. The fourth-order valence-electron chi connectivity index (χ4n) is 2.27. The Kier molecular flexibility index (Phi) is 5.02. The Morgan fingerprint density at radius 2 is 1.77 bits per heavy atom. The summed E-state index contributed by atoms with van der Waals surface area (Å²) in [7, 11) is 0. The molecule has 0 aliphatic carbocycles. The number of halogens is 4. The monoisotopic (exact) mass is 396 g/mol. The molecule has 0 spiro atoms. The molecule has 1 N–H and O–H groups in total. The number of nitrogens with zero attached hydrogens (tertiary/aromatic N) is 1. The summed E-state index contributed by atoms with van der Waals surface area (Å²) >= 11 is 7.14. The van der Waals surface area contributed by atoms with Crippen molar-refractivity contribution in [3.8, 4) is 10.6 Å². The minimum atomic E-state index is -4.39. The molecule has 0 aliphatic rings. The van der Waals surface area contributed by atoms with E-state index in [-0.39, 0.29) is 5.91 Å². The molecule has 0 bridgehead atoms. The number of rotatable bonds is 3. The number of para-hydroxylation sites is 1. The van der Waals surface area contributed by atoms with Crippen molar-refractivity contribution in [2.24, 2.45) is 0 Å². The molecule has 3 aromatic rings. The lowest BCUT2D eigenvalue weighted by Crippen LogP contribution is -2.11. The van der Waals surface area contributed by atoms with Gasteiger partial charge in [0.2, 0.25) is 0 Å². The van der Waals surface area contributed by atoms with Crippen LogP contribution in [0.15, 0.2) is 48.5 Å². The van der Waals surface area contributed by atoms with Crippen molar-refractivity contribution >= 4 is 34.5 Å². The molecule has 1 heterocycles. The molecule has 134 valence electrons. The lowest BCUT2D eigenvalue weighted by Gasteiger charge is -2.06. The number of thiazole rings is 1. The van der Waals surface area contributed by atoms with Crippen molar-refractivity contribution in [3.05, 3.63) is 69.7 Å². The van der Waals surface area contributed by atoms with Gasteiger partial charge in [-0.2, -0.15) is 13.2 Å². The van der Waals surface area contributed by atoms with Gasteiger partial charge in [-0.1, -0.05) is 35.9 Å². The van der Waals surface area contributed by atoms with E-state index in [4.69, 9.17) is 11.6 Å². The molecule has 8 heteroatoms. The van der Waals surface area contributed by atoms with Gasteiger partial charge in [-0.05, 0) is 31.2 Å². The predicted octanol–water partition coefficient (Wildman–Crippen LogP) is 6.04. The van der Waals surface area contributed by atoms with Gasteiger partial charge in [-0.15, -0.1) is 11.3 Å². The molecule has 0 saturated heterocycles. The molecule has 0 atom stereocenters. The first-order valence-electron chi connectivity index (χ1n) is 7.46. The first-order chi connectivity index (χ1) is 12.3. The van der Waals surface area contributed by atoms with Crippen molar-refractivity contribution in [1.29, 1.82) is 0 Å². The van der Waals surface area contributed by atoms with Crippen molar-refractivity contribution in [1.82, 2.24) is 4.98 Å². The number of aromatic nitrogens is 1. The maximum Gasteiger partial charge on any atom is 0.416 e. The third-order valence-electron chi connectivity index (χ3n) is 3.58. The van der Waals surface area contributed by atoms with Crippen molar-refractivity contribution < 1.29 is 18.0 Å². The van der Waals surface area contributed by atoms with Crippen LogP contribution in [0, 0.1) is 6.92 Å². The molecule has 0 radical (unpaired) electrons. The van der Waals surface area contributed by atoms with E-state index in [9.17, 15) is 18.0 Å². The van der Waals surface area contributed by atoms with E-state index >= 15 is 0 Å². The van der Waals surface area contributed by atoms with Gasteiger partial charge in [0.15, 0.2) is 0 Å². The van der Waals surface area contributed by atoms with Crippen LogP contribution < -0.4 is 5.32 Å². The SMILES string of the molecule is Cc1nc(-c2ccc(C(F)(F)F)cc2)sc1C(=O)Nc1ccccc1Cl. The van der Waals surface area contributed by atoms with Gasteiger partial charge >= 0.3 is 6.18 Å². The van der Waals surface area contributed by atoms with Crippen LogP contribution >= 0.6 is 22.9 Å². The number of aryl methyl sites for hydroxylation is 1. The number of alkyl halides is 3. The number of hydrogen-bond donors (Lipinski definition) is 1. The van der Waals surface area contributed by atoms with Crippen LogP contribution in [0.5, 0.6) is 0 Å². The van der Waals surface area contributed by atoms with Gasteiger partial charge in [-0.3, -0.25) is 4.79 Å². The second kappa shape index (κ2) is 7.09. The summed E-state index contributed by atoms with van der Waals surface area (Å²) in [6, 6.07) is 11.5. The highest BCUT2D eigenvalue weighted by molar-refractivity contribution is 7.17. The van der Waals surface area contributed by atoms with Crippen molar-refractivity contribution in [3.63, 3.8) is 0 Å². The quantitative estimate of drug-likeness (QED) is 0.586. The summed E-state index contributed by atoms with van der Waals surface area (Å²) in [5.41, 5.74) is 0.756. The van der Waals surface area contributed by atoms with E-state index < -0.39 is 11.7 Å². The second-order valence-electron chi connectivity index (χ2n) is 5.44. The Morgan fingerprint density at radius 1 is 1.12 bits per heavy atom. The van der Waals surface area contributed by atoms with Crippen LogP contribution in [0.25, 0.3) is 10.6 Å². The van der Waals surface area contributed by atoms with Crippen LogP contribution in [0.3, 0.4) is 0 Å². The maximum atomic E-state index is 12.7. The van der Waals surface area contributed by atoms with Crippen LogP contribution in [0.2, 0.25) is 5.02 Å². The van der Waals surface area contributed by atoms with Gasteiger partial charge in [0.25, 0.3) is 5.91 Å². The summed E-state index contributed by atoms with van der Waals surface area (Å²) in [6.45, 7) is 1.67. The summed E-state index contributed by atoms with van der Waals surface area (Å²) in [5, 5.41) is 3.59. The lowest BCUT2D eigenvalue weighted by atomic mass is 10.1.